The number of ether oxygens (including phenoxy) is 2. The second-order valence-corrected chi connectivity index (χ2v) is 5.88. The summed E-state index contributed by atoms with van der Waals surface area (Å²) < 4.78 is 11.0. The summed E-state index contributed by atoms with van der Waals surface area (Å²) in [6.45, 7) is 8.03. The molecule has 2 aliphatic rings. The number of rotatable bonds is 6. The zero-order valence-corrected chi connectivity index (χ0v) is 12.8. The van der Waals surface area contributed by atoms with Crippen molar-refractivity contribution in [3.63, 3.8) is 0 Å². The van der Waals surface area contributed by atoms with Gasteiger partial charge in [-0.2, -0.15) is 0 Å². The van der Waals surface area contributed by atoms with Crippen LogP contribution in [0.25, 0.3) is 0 Å². The molecule has 0 amide bonds. The summed E-state index contributed by atoms with van der Waals surface area (Å²) in [7, 11) is 0. The van der Waals surface area contributed by atoms with Gasteiger partial charge in [0.2, 0.25) is 0 Å². The third-order valence-electron chi connectivity index (χ3n) is 4.23. The minimum atomic E-state index is 0.867. The van der Waals surface area contributed by atoms with Gasteiger partial charge in [0.25, 0.3) is 0 Å². The molecular weight excluding hydrogens is 264 g/mol. The van der Waals surface area contributed by atoms with Gasteiger partial charge in [-0.3, -0.25) is 4.90 Å². The normalized spacial score (nSPS) is 19.0. The highest BCUT2D eigenvalue weighted by Crippen LogP contribution is 2.25. The highest BCUT2D eigenvalue weighted by Gasteiger charge is 2.11. The van der Waals surface area contributed by atoms with Gasteiger partial charge in [-0.25, -0.2) is 0 Å². The maximum atomic E-state index is 5.65. The molecule has 21 heavy (non-hydrogen) atoms. The van der Waals surface area contributed by atoms with Crippen LogP contribution in [0, 0.1) is 0 Å². The van der Waals surface area contributed by atoms with E-state index < -0.39 is 0 Å². The molecule has 1 saturated heterocycles. The number of nitrogens with one attached hydrogen (secondary N) is 1. The molecule has 0 atom stereocenters. The fraction of sp³-hybridized carbons (Fsp3) is 0.647. The molecule has 1 N–H and O–H groups in total. The zero-order valence-electron chi connectivity index (χ0n) is 12.8. The molecule has 1 fully saturated rings. The van der Waals surface area contributed by atoms with Gasteiger partial charge in [-0.1, -0.05) is 12.1 Å². The number of morpholine rings is 1. The molecule has 0 spiro atoms. The highest BCUT2D eigenvalue weighted by atomic mass is 16.5. The maximum absolute atomic E-state index is 5.65. The van der Waals surface area contributed by atoms with E-state index in [1.807, 2.05) is 0 Å². The summed E-state index contributed by atoms with van der Waals surface area (Å²) in [6, 6.07) is 6.60. The molecule has 0 bridgehead atoms. The van der Waals surface area contributed by atoms with Gasteiger partial charge in [0, 0.05) is 19.6 Å². The van der Waals surface area contributed by atoms with Crippen LogP contribution in [0.4, 0.5) is 0 Å². The molecule has 0 radical (unpaired) electrons. The van der Waals surface area contributed by atoms with Crippen LogP contribution >= 0.6 is 0 Å². The quantitative estimate of drug-likeness (QED) is 0.810. The molecule has 2 heterocycles. The lowest BCUT2D eigenvalue weighted by molar-refractivity contribution is 0.0374. The minimum absolute atomic E-state index is 0.867. The first-order valence-electron chi connectivity index (χ1n) is 8.17. The summed E-state index contributed by atoms with van der Waals surface area (Å²) in [5.74, 6) is 1.08. The molecule has 0 unspecified atom stereocenters. The standard InChI is InChI=1S/C17H26N2O2/c1-3-16-13-15(4-5-17(16)21-10-1)14-18-6-2-7-19-8-11-20-12-9-19/h4-5,13,18H,1-3,6-12,14H2. The SMILES string of the molecule is c1cc2c(cc1CNCCCN1CCOCC1)CCCO2. The average Bonchev–Trinajstić information content (AvgIpc) is 2.55. The highest BCUT2D eigenvalue weighted by molar-refractivity contribution is 5.38. The lowest BCUT2D eigenvalue weighted by atomic mass is 10.0. The number of fused-ring (bicyclic) bond motifs is 1. The number of aryl methyl sites for hydroxylation is 1. The van der Waals surface area contributed by atoms with E-state index >= 15 is 0 Å². The molecule has 1 aromatic rings. The number of benzene rings is 1. The van der Waals surface area contributed by atoms with Crippen LogP contribution in [0.3, 0.4) is 0 Å². The molecule has 4 heteroatoms. The second kappa shape index (κ2) is 7.78. The lowest BCUT2D eigenvalue weighted by Crippen LogP contribution is -2.37. The topological polar surface area (TPSA) is 33.7 Å². The molecule has 0 aromatic heterocycles. The van der Waals surface area contributed by atoms with Gasteiger partial charge in [0.1, 0.15) is 5.75 Å². The van der Waals surface area contributed by atoms with E-state index in [0.29, 0.717) is 0 Å². The minimum Gasteiger partial charge on any atom is -0.493 e. The predicted octanol–water partition coefficient (Wildman–Crippen LogP) is 1.82. The van der Waals surface area contributed by atoms with Gasteiger partial charge < -0.3 is 14.8 Å². The maximum Gasteiger partial charge on any atom is 0.122 e. The summed E-state index contributed by atoms with van der Waals surface area (Å²) in [4.78, 5) is 2.49. The van der Waals surface area contributed by atoms with Crippen molar-refractivity contribution in [1.29, 1.82) is 0 Å². The molecule has 1 aromatic carbocycles. The fourth-order valence-electron chi connectivity index (χ4n) is 3.01. The van der Waals surface area contributed by atoms with Crippen LogP contribution < -0.4 is 10.1 Å². The van der Waals surface area contributed by atoms with E-state index in [-0.39, 0.29) is 0 Å². The van der Waals surface area contributed by atoms with Crippen LogP contribution in [-0.2, 0) is 17.7 Å². The summed E-state index contributed by atoms with van der Waals surface area (Å²) in [5.41, 5.74) is 2.74. The Bertz CT molecular complexity index is 444. The summed E-state index contributed by atoms with van der Waals surface area (Å²) >= 11 is 0. The Labute approximate surface area is 127 Å². The first kappa shape index (κ1) is 14.8. The Morgan fingerprint density at radius 2 is 2.05 bits per heavy atom. The zero-order chi connectivity index (χ0) is 14.3. The summed E-state index contributed by atoms with van der Waals surface area (Å²) in [5, 5.41) is 3.55. The van der Waals surface area contributed by atoms with Crippen molar-refractivity contribution in [3.05, 3.63) is 29.3 Å². The van der Waals surface area contributed by atoms with Gasteiger partial charge in [-0.05, 0) is 49.5 Å². The summed E-state index contributed by atoms with van der Waals surface area (Å²) in [6.07, 6.45) is 3.50. The van der Waals surface area contributed by atoms with Gasteiger partial charge >= 0.3 is 0 Å². The largest absolute Gasteiger partial charge is 0.493 e. The number of hydrogen-bond donors (Lipinski definition) is 1. The first-order chi connectivity index (χ1) is 10.4. The predicted molar refractivity (Wildman–Crippen MR) is 83.8 cm³/mol. The lowest BCUT2D eigenvalue weighted by Gasteiger charge is -2.26. The van der Waals surface area contributed by atoms with Gasteiger partial charge in [0.15, 0.2) is 0 Å². The van der Waals surface area contributed by atoms with Crippen molar-refractivity contribution in [2.45, 2.75) is 25.8 Å². The fourth-order valence-corrected chi connectivity index (χ4v) is 3.01. The van der Waals surface area contributed by atoms with E-state index in [4.69, 9.17) is 9.47 Å². The number of hydrogen-bond acceptors (Lipinski definition) is 4. The van der Waals surface area contributed by atoms with Crippen molar-refractivity contribution in [1.82, 2.24) is 10.2 Å². The molecular formula is C17H26N2O2. The Morgan fingerprint density at radius 3 is 2.95 bits per heavy atom. The monoisotopic (exact) mass is 290 g/mol. The van der Waals surface area contributed by atoms with Gasteiger partial charge in [0.05, 0.1) is 19.8 Å². The van der Waals surface area contributed by atoms with E-state index in [1.165, 1.54) is 24.1 Å². The smallest absolute Gasteiger partial charge is 0.122 e. The van der Waals surface area contributed by atoms with E-state index in [2.05, 4.69) is 28.4 Å². The Hall–Kier alpha value is -1.10. The molecule has 0 saturated carbocycles. The first-order valence-corrected chi connectivity index (χ1v) is 8.17. The Morgan fingerprint density at radius 1 is 1.14 bits per heavy atom. The van der Waals surface area contributed by atoms with Gasteiger partial charge in [-0.15, -0.1) is 0 Å². The second-order valence-electron chi connectivity index (χ2n) is 5.88. The van der Waals surface area contributed by atoms with Crippen molar-refractivity contribution in [3.8, 4) is 5.75 Å². The van der Waals surface area contributed by atoms with Crippen molar-refractivity contribution in [2.24, 2.45) is 0 Å². The van der Waals surface area contributed by atoms with Crippen LogP contribution in [0.15, 0.2) is 18.2 Å². The van der Waals surface area contributed by atoms with E-state index in [0.717, 1.165) is 64.6 Å². The van der Waals surface area contributed by atoms with Crippen molar-refractivity contribution < 1.29 is 9.47 Å². The van der Waals surface area contributed by atoms with Crippen LogP contribution in [0.2, 0.25) is 0 Å². The third kappa shape index (κ3) is 4.43. The van der Waals surface area contributed by atoms with Crippen LogP contribution in [0.5, 0.6) is 5.75 Å². The van der Waals surface area contributed by atoms with Crippen molar-refractivity contribution in [2.75, 3.05) is 46.0 Å². The Balaban J connectivity index is 1.35. The van der Waals surface area contributed by atoms with Crippen LogP contribution in [-0.4, -0.2) is 50.9 Å². The molecule has 2 aliphatic heterocycles. The van der Waals surface area contributed by atoms with Crippen molar-refractivity contribution >= 4 is 0 Å². The van der Waals surface area contributed by atoms with E-state index in [9.17, 15) is 0 Å². The molecule has 0 aliphatic carbocycles. The third-order valence-corrected chi connectivity index (χ3v) is 4.23. The number of nitrogens with zero attached hydrogens (tertiary/aromatic N) is 1. The Kier molecular flexibility index (Phi) is 5.49. The molecule has 116 valence electrons. The molecule has 4 nitrogen and oxygen atoms in total. The van der Waals surface area contributed by atoms with E-state index in [1.54, 1.807) is 0 Å². The molecule has 3 rings (SSSR count). The average molecular weight is 290 g/mol. The van der Waals surface area contributed by atoms with Crippen LogP contribution in [0.1, 0.15) is 24.0 Å².